The van der Waals surface area contributed by atoms with Crippen molar-refractivity contribution in [3.8, 4) is 0 Å². The van der Waals surface area contributed by atoms with E-state index >= 15 is 0 Å². The van der Waals surface area contributed by atoms with Crippen molar-refractivity contribution in [1.82, 2.24) is 5.32 Å². The molecule has 0 saturated heterocycles. The third kappa shape index (κ3) is 5.06. The minimum atomic E-state index is -0.979. The molecule has 0 fully saturated rings. The monoisotopic (exact) mass is 296 g/mol. The van der Waals surface area contributed by atoms with E-state index in [1.54, 1.807) is 45.8 Å². The first kappa shape index (κ1) is 16.9. The van der Waals surface area contributed by atoms with Crippen LogP contribution in [0.25, 0.3) is 0 Å². The van der Waals surface area contributed by atoms with Gasteiger partial charge in [0.25, 0.3) is 0 Å². The summed E-state index contributed by atoms with van der Waals surface area (Å²) in [7, 11) is 3.54. The highest BCUT2D eigenvalue weighted by Gasteiger charge is 2.22. The van der Waals surface area contributed by atoms with Crippen molar-refractivity contribution in [3.63, 3.8) is 0 Å². The van der Waals surface area contributed by atoms with Crippen molar-refractivity contribution < 1.29 is 18.7 Å². The molecule has 0 aliphatic carbocycles. The Morgan fingerprint density at radius 2 is 2.00 bits per heavy atom. The summed E-state index contributed by atoms with van der Waals surface area (Å²) in [4.78, 5) is 24.8. The number of carbonyl (C=O) groups is 2. The molecular weight excluding hydrogens is 275 g/mol. The fourth-order valence-corrected chi connectivity index (χ4v) is 1.80. The summed E-state index contributed by atoms with van der Waals surface area (Å²) in [6, 6.07) is 3.10. The SMILES string of the molecule is CN(C)c1ccc(F)cc1C(C=O)NC(=O)OC(C)(C)C. The minimum Gasteiger partial charge on any atom is -0.444 e. The Hall–Kier alpha value is -2.11. The van der Waals surface area contributed by atoms with Crippen molar-refractivity contribution in [1.29, 1.82) is 0 Å². The van der Waals surface area contributed by atoms with Crippen LogP contribution in [0.1, 0.15) is 32.4 Å². The summed E-state index contributed by atoms with van der Waals surface area (Å²) in [5.41, 5.74) is 0.342. The largest absolute Gasteiger partial charge is 0.444 e. The van der Waals surface area contributed by atoms with Gasteiger partial charge >= 0.3 is 6.09 Å². The van der Waals surface area contributed by atoms with Gasteiger partial charge in [0.05, 0.1) is 0 Å². The van der Waals surface area contributed by atoms with Gasteiger partial charge in [0.15, 0.2) is 0 Å². The number of amides is 1. The van der Waals surface area contributed by atoms with Crippen molar-refractivity contribution in [2.45, 2.75) is 32.4 Å². The van der Waals surface area contributed by atoms with Crippen LogP contribution in [0.3, 0.4) is 0 Å². The molecule has 1 aromatic rings. The van der Waals surface area contributed by atoms with E-state index in [1.807, 2.05) is 0 Å². The van der Waals surface area contributed by atoms with E-state index in [9.17, 15) is 14.0 Å². The van der Waals surface area contributed by atoms with Crippen LogP contribution < -0.4 is 10.2 Å². The van der Waals surface area contributed by atoms with Crippen LogP contribution in [0.2, 0.25) is 0 Å². The van der Waals surface area contributed by atoms with Gasteiger partial charge in [0.1, 0.15) is 23.7 Å². The quantitative estimate of drug-likeness (QED) is 0.868. The Labute approximate surface area is 124 Å². The highest BCUT2D eigenvalue weighted by molar-refractivity contribution is 5.77. The molecule has 0 radical (unpaired) electrons. The Bertz CT molecular complexity index is 524. The zero-order valence-corrected chi connectivity index (χ0v) is 12.9. The molecule has 1 unspecified atom stereocenters. The molecule has 0 bridgehead atoms. The lowest BCUT2D eigenvalue weighted by atomic mass is 10.0. The highest BCUT2D eigenvalue weighted by atomic mass is 19.1. The maximum Gasteiger partial charge on any atom is 0.408 e. The van der Waals surface area contributed by atoms with Crippen molar-refractivity contribution >= 4 is 18.1 Å². The molecule has 1 atom stereocenters. The number of hydrogen-bond acceptors (Lipinski definition) is 4. The number of hydrogen-bond donors (Lipinski definition) is 1. The lowest BCUT2D eigenvalue weighted by Crippen LogP contribution is -2.36. The molecule has 116 valence electrons. The van der Waals surface area contributed by atoms with Crippen LogP contribution in [0.15, 0.2) is 18.2 Å². The first-order valence-electron chi connectivity index (χ1n) is 6.55. The lowest BCUT2D eigenvalue weighted by Gasteiger charge is -2.24. The van der Waals surface area contributed by atoms with Gasteiger partial charge < -0.3 is 19.7 Å². The zero-order valence-electron chi connectivity index (χ0n) is 12.9. The maximum atomic E-state index is 13.4. The predicted molar refractivity (Wildman–Crippen MR) is 78.9 cm³/mol. The van der Waals surface area contributed by atoms with Crippen molar-refractivity contribution in [2.75, 3.05) is 19.0 Å². The lowest BCUT2D eigenvalue weighted by molar-refractivity contribution is -0.109. The number of nitrogens with one attached hydrogen (secondary N) is 1. The number of rotatable bonds is 4. The second-order valence-electron chi connectivity index (χ2n) is 5.86. The van der Waals surface area contributed by atoms with Gasteiger partial charge in [-0.15, -0.1) is 0 Å². The van der Waals surface area contributed by atoms with Crippen LogP contribution in [0.4, 0.5) is 14.9 Å². The van der Waals surface area contributed by atoms with Crippen LogP contribution in [0, 0.1) is 5.82 Å². The number of anilines is 1. The summed E-state index contributed by atoms with van der Waals surface area (Å²) >= 11 is 0. The standard InChI is InChI=1S/C15H21FN2O3/c1-15(2,3)21-14(20)17-12(9-19)11-8-10(16)6-7-13(11)18(4)5/h6-9,12H,1-5H3,(H,17,20). The van der Waals surface area contributed by atoms with E-state index < -0.39 is 23.6 Å². The molecule has 5 nitrogen and oxygen atoms in total. The number of nitrogens with zero attached hydrogens (tertiary/aromatic N) is 1. The predicted octanol–water partition coefficient (Wildman–Crippen LogP) is 2.66. The molecule has 1 aromatic carbocycles. The molecule has 6 heteroatoms. The van der Waals surface area contributed by atoms with Crippen molar-refractivity contribution in [2.24, 2.45) is 0 Å². The molecule has 0 saturated carbocycles. The number of alkyl carbamates (subject to hydrolysis) is 1. The number of ether oxygens (including phenoxy) is 1. The number of benzene rings is 1. The second kappa shape index (κ2) is 6.56. The summed E-state index contributed by atoms with van der Waals surface area (Å²) in [6.07, 6.45) is -0.181. The topological polar surface area (TPSA) is 58.6 Å². The van der Waals surface area contributed by atoms with Gasteiger partial charge in [-0.25, -0.2) is 9.18 Å². The Morgan fingerprint density at radius 1 is 1.38 bits per heavy atom. The Balaban J connectivity index is 3.02. The fraction of sp³-hybridized carbons (Fsp3) is 0.467. The molecule has 0 aliphatic rings. The maximum absolute atomic E-state index is 13.4. The van der Waals surface area contributed by atoms with E-state index in [1.165, 1.54) is 12.1 Å². The Morgan fingerprint density at radius 3 is 2.48 bits per heavy atom. The molecule has 21 heavy (non-hydrogen) atoms. The summed E-state index contributed by atoms with van der Waals surface area (Å²) in [6.45, 7) is 5.15. The van der Waals surface area contributed by atoms with E-state index in [0.29, 0.717) is 17.5 Å². The molecular formula is C15H21FN2O3. The molecule has 0 aliphatic heterocycles. The minimum absolute atomic E-state index is 0.376. The number of carbonyl (C=O) groups excluding carboxylic acids is 2. The average Bonchev–Trinajstić information content (AvgIpc) is 2.33. The van der Waals surface area contributed by atoms with Gasteiger partial charge in [0, 0.05) is 25.3 Å². The van der Waals surface area contributed by atoms with Crippen LogP contribution in [-0.4, -0.2) is 32.1 Å². The highest BCUT2D eigenvalue weighted by Crippen LogP contribution is 2.25. The molecule has 1 amide bonds. The molecule has 1 rings (SSSR count). The summed E-state index contributed by atoms with van der Waals surface area (Å²) in [5.74, 6) is -0.478. The third-order valence-corrected chi connectivity index (χ3v) is 2.61. The van der Waals surface area contributed by atoms with Crippen LogP contribution in [-0.2, 0) is 9.53 Å². The molecule has 1 N–H and O–H groups in total. The van der Waals surface area contributed by atoms with E-state index in [-0.39, 0.29) is 0 Å². The second-order valence-corrected chi connectivity index (χ2v) is 5.86. The van der Waals surface area contributed by atoms with Gasteiger partial charge in [-0.3, -0.25) is 0 Å². The number of aldehydes is 1. The normalized spacial score (nSPS) is 12.5. The third-order valence-electron chi connectivity index (χ3n) is 2.61. The molecule has 0 heterocycles. The first-order chi connectivity index (χ1) is 9.64. The van der Waals surface area contributed by atoms with Crippen molar-refractivity contribution in [3.05, 3.63) is 29.6 Å². The Kier molecular flexibility index (Phi) is 5.29. The van der Waals surface area contributed by atoms with E-state index in [4.69, 9.17) is 4.74 Å². The van der Waals surface area contributed by atoms with Gasteiger partial charge in [-0.2, -0.15) is 0 Å². The van der Waals surface area contributed by atoms with Gasteiger partial charge in [-0.1, -0.05) is 0 Å². The van der Waals surface area contributed by atoms with Gasteiger partial charge in [0.2, 0.25) is 0 Å². The summed E-state index contributed by atoms with van der Waals surface area (Å²) < 4.78 is 18.5. The van der Waals surface area contributed by atoms with Crippen LogP contribution >= 0.6 is 0 Å². The van der Waals surface area contributed by atoms with E-state index in [0.717, 1.165) is 0 Å². The smallest absolute Gasteiger partial charge is 0.408 e. The fourth-order valence-electron chi connectivity index (χ4n) is 1.80. The zero-order chi connectivity index (χ0) is 16.2. The molecule has 0 spiro atoms. The van der Waals surface area contributed by atoms with E-state index in [2.05, 4.69) is 5.32 Å². The number of halogens is 1. The average molecular weight is 296 g/mol. The first-order valence-corrected chi connectivity index (χ1v) is 6.55. The summed E-state index contributed by atoms with van der Waals surface area (Å²) in [5, 5.41) is 2.44. The van der Waals surface area contributed by atoms with Gasteiger partial charge in [-0.05, 0) is 39.0 Å². The molecule has 0 aromatic heterocycles. The van der Waals surface area contributed by atoms with Crippen LogP contribution in [0.5, 0.6) is 0 Å².